The summed E-state index contributed by atoms with van der Waals surface area (Å²) in [5, 5.41) is 0. The molecule has 0 radical (unpaired) electrons. The number of carbonyl (C=O) groups excluding carboxylic acids is 2. The SMILES string of the molecule is COc1cc(OC)cc(N2C(=O)CC(N3CCC4C=CC=CC4C3)C2=O)c1. The van der Waals surface area contributed by atoms with Crippen molar-refractivity contribution in [1.29, 1.82) is 0 Å². The van der Waals surface area contributed by atoms with Crippen LogP contribution in [0.5, 0.6) is 11.5 Å². The van der Waals surface area contributed by atoms with E-state index >= 15 is 0 Å². The second-order valence-corrected chi connectivity index (χ2v) is 7.24. The molecule has 2 amide bonds. The van der Waals surface area contributed by atoms with E-state index in [4.69, 9.17) is 9.47 Å². The summed E-state index contributed by atoms with van der Waals surface area (Å²) in [6.07, 6.45) is 9.85. The van der Waals surface area contributed by atoms with Crippen LogP contribution in [-0.4, -0.2) is 50.1 Å². The van der Waals surface area contributed by atoms with E-state index in [0.717, 1.165) is 19.5 Å². The molecule has 2 heterocycles. The van der Waals surface area contributed by atoms with Gasteiger partial charge < -0.3 is 9.47 Å². The van der Waals surface area contributed by atoms with E-state index in [1.807, 2.05) is 0 Å². The number of fused-ring (bicyclic) bond motifs is 1. The molecule has 3 unspecified atom stereocenters. The monoisotopic (exact) mass is 368 g/mol. The van der Waals surface area contributed by atoms with Crippen LogP contribution in [0.4, 0.5) is 5.69 Å². The van der Waals surface area contributed by atoms with E-state index in [-0.39, 0.29) is 18.2 Å². The molecule has 0 aromatic heterocycles. The van der Waals surface area contributed by atoms with Crippen LogP contribution in [0.15, 0.2) is 42.5 Å². The molecule has 3 atom stereocenters. The van der Waals surface area contributed by atoms with Crippen LogP contribution in [0.2, 0.25) is 0 Å². The Morgan fingerprint density at radius 3 is 2.30 bits per heavy atom. The maximum absolute atomic E-state index is 13.1. The number of carbonyl (C=O) groups is 2. The van der Waals surface area contributed by atoms with E-state index in [1.54, 1.807) is 32.4 Å². The smallest absolute Gasteiger partial charge is 0.251 e. The Bertz CT molecular complexity index is 794. The number of methoxy groups -OCH3 is 2. The van der Waals surface area contributed by atoms with Crippen LogP contribution in [0, 0.1) is 11.8 Å². The normalized spacial score (nSPS) is 27.8. The lowest BCUT2D eigenvalue weighted by Crippen LogP contribution is -2.48. The molecule has 1 aromatic rings. The molecule has 2 aliphatic heterocycles. The number of allylic oxidation sites excluding steroid dienone is 3. The number of benzene rings is 1. The van der Waals surface area contributed by atoms with Crippen molar-refractivity contribution < 1.29 is 19.1 Å². The topological polar surface area (TPSA) is 59.1 Å². The first-order chi connectivity index (χ1) is 13.1. The number of hydrogen-bond donors (Lipinski definition) is 0. The lowest BCUT2D eigenvalue weighted by atomic mass is 9.82. The van der Waals surface area contributed by atoms with Gasteiger partial charge in [0.25, 0.3) is 5.91 Å². The largest absolute Gasteiger partial charge is 0.497 e. The fourth-order valence-corrected chi connectivity index (χ4v) is 4.26. The molecule has 2 saturated heterocycles. The summed E-state index contributed by atoms with van der Waals surface area (Å²) >= 11 is 0. The maximum atomic E-state index is 13.1. The summed E-state index contributed by atoms with van der Waals surface area (Å²) < 4.78 is 10.6. The lowest BCUT2D eigenvalue weighted by Gasteiger charge is -2.39. The Morgan fingerprint density at radius 1 is 0.963 bits per heavy atom. The molecule has 3 aliphatic rings. The number of imide groups is 1. The zero-order chi connectivity index (χ0) is 19.0. The van der Waals surface area contributed by atoms with Crippen LogP contribution in [0.1, 0.15) is 12.8 Å². The third kappa shape index (κ3) is 3.25. The Labute approximate surface area is 159 Å². The molecule has 2 fully saturated rings. The molecule has 1 aromatic carbocycles. The number of nitrogens with zero attached hydrogens (tertiary/aromatic N) is 2. The van der Waals surface area contributed by atoms with Crippen molar-refractivity contribution >= 4 is 17.5 Å². The maximum Gasteiger partial charge on any atom is 0.251 e. The summed E-state index contributed by atoms with van der Waals surface area (Å²) in [6, 6.07) is 4.72. The first-order valence-corrected chi connectivity index (χ1v) is 9.29. The van der Waals surface area contributed by atoms with E-state index in [1.165, 1.54) is 4.90 Å². The van der Waals surface area contributed by atoms with Gasteiger partial charge in [0, 0.05) is 24.7 Å². The predicted octanol–water partition coefficient (Wildman–Crippen LogP) is 2.40. The molecule has 6 heteroatoms. The number of ether oxygens (including phenoxy) is 2. The highest BCUT2D eigenvalue weighted by atomic mass is 16.5. The number of rotatable bonds is 4. The van der Waals surface area contributed by atoms with Crippen molar-refractivity contribution in [2.45, 2.75) is 18.9 Å². The molecule has 1 aliphatic carbocycles. The molecule has 0 N–H and O–H groups in total. The van der Waals surface area contributed by atoms with Gasteiger partial charge in [-0.1, -0.05) is 24.3 Å². The van der Waals surface area contributed by atoms with E-state index in [9.17, 15) is 9.59 Å². The van der Waals surface area contributed by atoms with Gasteiger partial charge in [-0.05, 0) is 24.8 Å². The zero-order valence-electron chi connectivity index (χ0n) is 15.6. The van der Waals surface area contributed by atoms with E-state index in [2.05, 4.69) is 29.2 Å². The molecule has 0 saturated carbocycles. The van der Waals surface area contributed by atoms with Gasteiger partial charge in [0.2, 0.25) is 5.91 Å². The minimum atomic E-state index is -0.394. The average Bonchev–Trinajstić information content (AvgIpc) is 3.01. The Hall–Kier alpha value is -2.60. The van der Waals surface area contributed by atoms with E-state index < -0.39 is 6.04 Å². The van der Waals surface area contributed by atoms with Gasteiger partial charge in [-0.3, -0.25) is 14.5 Å². The van der Waals surface area contributed by atoms with Crippen molar-refractivity contribution in [3.63, 3.8) is 0 Å². The number of piperidine rings is 1. The van der Waals surface area contributed by atoms with Gasteiger partial charge in [0.1, 0.15) is 11.5 Å². The van der Waals surface area contributed by atoms with Crippen molar-refractivity contribution in [1.82, 2.24) is 4.90 Å². The second kappa shape index (κ2) is 7.19. The third-order valence-electron chi connectivity index (χ3n) is 5.73. The van der Waals surface area contributed by atoms with Gasteiger partial charge in [-0.15, -0.1) is 0 Å². The fraction of sp³-hybridized carbons (Fsp3) is 0.429. The highest BCUT2D eigenvalue weighted by Crippen LogP contribution is 2.35. The van der Waals surface area contributed by atoms with Crippen LogP contribution in [-0.2, 0) is 9.59 Å². The third-order valence-corrected chi connectivity index (χ3v) is 5.73. The average molecular weight is 368 g/mol. The minimum Gasteiger partial charge on any atom is -0.497 e. The predicted molar refractivity (Wildman–Crippen MR) is 102 cm³/mol. The molecule has 6 nitrogen and oxygen atoms in total. The zero-order valence-corrected chi connectivity index (χ0v) is 15.6. The van der Waals surface area contributed by atoms with Crippen LogP contribution in [0.3, 0.4) is 0 Å². The Morgan fingerprint density at radius 2 is 1.63 bits per heavy atom. The second-order valence-electron chi connectivity index (χ2n) is 7.24. The van der Waals surface area contributed by atoms with Gasteiger partial charge in [-0.2, -0.15) is 0 Å². The van der Waals surface area contributed by atoms with Crippen molar-refractivity contribution in [2.24, 2.45) is 11.8 Å². The van der Waals surface area contributed by atoms with Gasteiger partial charge in [-0.25, -0.2) is 4.90 Å². The minimum absolute atomic E-state index is 0.163. The molecular weight excluding hydrogens is 344 g/mol. The first-order valence-electron chi connectivity index (χ1n) is 9.29. The Balaban J connectivity index is 1.56. The number of anilines is 1. The summed E-state index contributed by atoms with van der Waals surface area (Å²) in [7, 11) is 3.09. The highest BCUT2D eigenvalue weighted by Gasteiger charge is 2.44. The van der Waals surface area contributed by atoms with Crippen molar-refractivity contribution in [3.8, 4) is 11.5 Å². The van der Waals surface area contributed by atoms with Crippen LogP contribution >= 0.6 is 0 Å². The molecule has 142 valence electrons. The first kappa shape index (κ1) is 17.8. The molecule has 27 heavy (non-hydrogen) atoms. The highest BCUT2D eigenvalue weighted by molar-refractivity contribution is 6.22. The fourth-order valence-electron chi connectivity index (χ4n) is 4.26. The number of hydrogen-bond acceptors (Lipinski definition) is 5. The van der Waals surface area contributed by atoms with Crippen LogP contribution in [0.25, 0.3) is 0 Å². The summed E-state index contributed by atoms with van der Waals surface area (Å²) in [4.78, 5) is 29.3. The molecule has 0 spiro atoms. The van der Waals surface area contributed by atoms with Crippen molar-refractivity contribution in [2.75, 3.05) is 32.2 Å². The van der Waals surface area contributed by atoms with Gasteiger partial charge in [0.05, 0.1) is 32.4 Å². The molecule has 0 bridgehead atoms. The van der Waals surface area contributed by atoms with Gasteiger partial charge in [0.15, 0.2) is 0 Å². The van der Waals surface area contributed by atoms with Crippen LogP contribution < -0.4 is 14.4 Å². The molecular formula is C21H24N2O4. The molecule has 4 rings (SSSR count). The standard InChI is InChI=1S/C21H24N2O4/c1-26-17-9-16(10-18(11-17)27-2)23-20(24)12-19(21(23)25)22-8-7-14-5-3-4-6-15(14)13-22/h3-6,9-11,14-15,19H,7-8,12-13H2,1-2H3. The van der Waals surface area contributed by atoms with E-state index in [0.29, 0.717) is 29.0 Å². The summed E-state index contributed by atoms with van der Waals surface area (Å²) in [5.41, 5.74) is 0.499. The lowest BCUT2D eigenvalue weighted by molar-refractivity contribution is -0.123. The number of amides is 2. The van der Waals surface area contributed by atoms with Gasteiger partial charge >= 0.3 is 0 Å². The summed E-state index contributed by atoms with van der Waals surface area (Å²) in [6.45, 7) is 1.64. The quantitative estimate of drug-likeness (QED) is 0.764. The Kier molecular flexibility index (Phi) is 4.74. The number of likely N-dealkylation sites (tertiary alicyclic amines) is 1. The summed E-state index contributed by atoms with van der Waals surface area (Å²) in [5.74, 6) is 1.71. The van der Waals surface area contributed by atoms with Crippen molar-refractivity contribution in [3.05, 3.63) is 42.5 Å².